The predicted molar refractivity (Wildman–Crippen MR) is 109 cm³/mol. The van der Waals surface area contributed by atoms with Crippen LogP contribution in [0.1, 0.15) is 23.1 Å². The quantitative estimate of drug-likeness (QED) is 0.595. The maximum atomic E-state index is 12.3. The van der Waals surface area contributed by atoms with E-state index < -0.39 is 0 Å². The summed E-state index contributed by atoms with van der Waals surface area (Å²) in [6.45, 7) is 0.543. The molecule has 3 aromatic rings. The highest BCUT2D eigenvalue weighted by atomic mass is 16.5. The first-order chi connectivity index (χ1) is 14.2. The van der Waals surface area contributed by atoms with E-state index in [1.807, 2.05) is 30.6 Å². The molecule has 29 heavy (non-hydrogen) atoms. The summed E-state index contributed by atoms with van der Waals surface area (Å²) in [6, 6.07) is 5.74. The van der Waals surface area contributed by atoms with Crippen LogP contribution in [0.5, 0.6) is 11.5 Å². The average Bonchev–Trinajstić information content (AvgIpc) is 3.22. The minimum absolute atomic E-state index is 0.106. The molecule has 0 saturated heterocycles. The van der Waals surface area contributed by atoms with Gasteiger partial charge in [0.05, 0.1) is 20.4 Å². The highest BCUT2D eigenvalue weighted by Gasteiger charge is 2.22. The average molecular weight is 395 g/mol. The number of amides is 2. The van der Waals surface area contributed by atoms with E-state index in [0.29, 0.717) is 24.5 Å². The first-order valence-corrected chi connectivity index (χ1v) is 9.73. The second-order valence-electron chi connectivity index (χ2n) is 7.17. The zero-order chi connectivity index (χ0) is 20.2. The van der Waals surface area contributed by atoms with Crippen LogP contribution in [0, 0.1) is 0 Å². The first-order valence-electron chi connectivity index (χ1n) is 9.73. The monoisotopic (exact) mass is 395 g/mol. The van der Waals surface area contributed by atoms with Crippen molar-refractivity contribution < 1.29 is 14.3 Å². The van der Waals surface area contributed by atoms with Crippen molar-refractivity contribution >= 4 is 17.1 Å². The van der Waals surface area contributed by atoms with E-state index in [-0.39, 0.29) is 12.1 Å². The molecule has 8 heteroatoms. The molecule has 0 aliphatic heterocycles. The molecule has 3 N–H and O–H groups in total. The lowest BCUT2D eigenvalue weighted by molar-refractivity contribution is 0.235. The van der Waals surface area contributed by atoms with Gasteiger partial charge in [-0.05, 0) is 54.5 Å². The Kier molecular flexibility index (Phi) is 5.50. The van der Waals surface area contributed by atoms with E-state index in [1.54, 1.807) is 14.2 Å². The van der Waals surface area contributed by atoms with Crippen molar-refractivity contribution in [2.45, 2.75) is 31.7 Å². The number of carbonyl (C=O) groups excluding carboxylic acids is 1. The van der Waals surface area contributed by atoms with Gasteiger partial charge in [-0.3, -0.25) is 5.10 Å². The van der Waals surface area contributed by atoms with Gasteiger partial charge in [-0.25, -0.2) is 9.78 Å². The molecule has 1 aliphatic carbocycles. The molecule has 4 rings (SSSR count). The van der Waals surface area contributed by atoms with Crippen LogP contribution in [-0.2, 0) is 19.3 Å². The van der Waals surface area contributed by atoms with Crippen LogP contribution >= 0.6 is 0 Å². The number of methoxy groups -OCH3 is 2. The van der Waals surface area contributed by atoms with Gasteiger partial charge in [0.15, 0.2) is 17.1 Å². The lowest BCUT2D eigenvalue weighted by Crippen LogP contribution is -2.45. The Morgan fingerprint density at radius 3 is 2.93 bits per heavy atom. The molecule has 1 aromatic carbocycles. The van der Waals surface area contributed by atoms with Crippen LogP contribution in [0.15, 0.2) is 30.6 Å². The van der Waals surface area contributed by atoms with E-state index in [1.165, 1.54) is 11.1 Å². The fraction of sp³-hybridized carbons (Fsp3) is 0.381. The smallest absolute Gasteiger partial charge is 0.315 e. The highest BCUT2D eigenvalue weighted by Crippen LogP contribution is 2.28. The van der Waals surface area contributed by atoms with Crippen molar-refractivity contribution in [3.05, 3.63) is 47.3 Å². The third-order valence-corrected chi connectivity index (χ3v) is 5.37. The molecule has 1 unspecified atom stereocenters. The molecule has 152 valence electrons. The van der Waals surface area contributed by atoms with Crippen LogP contribution in [-0.4, -0.2) is 48.0 Å². The molecule has 1 aliphatic rings. The van der Waals surface area contributed by atoms with E-state index in [9.17, 15) is 4.79 Å². The molecule has 2 heterocycles. The van der Waals surface area contributed by atoms with Gasteiger partial charge in [0.2, 0.25) is 0 Å². The molecule has 0 fully saturated rings. The van der Waals surface area contributed by atoms with Crippen molar-refractivity contribution in [3.63, 3.8) is 0 Å². The van der Waals surface area contributed by atoms with Crippen molar-refractivity contribution in [2.75, 3.05) is 20.8 Å². The zero-order valence-electron chi connectivity index (χ0n) is 16.6. The number of carbonyl (C=O) groups is 1. The first kappa shape index (κ1) is 19.0. The van der Waals surface area contributed by atoms with E-state index in [2.05, 4.69) is 25.8 Å². The van der Waals surface area contributed by atoms with Crippen molar-refractivity contribution in [2.24, 2.45) is 0 Å². The van der Waals surface area contributed by atoms with Crippen molar-refractivity contribution in [1.82, 2.24) is 25.8 Å². The molecule has 8 nitrogen and oxygen atoms in total. The molecular weight excluding hydrogens is 370 g/mol. The number of aromatic amines is 1. The molecule has 0 spiro atoms. The topological polar surface area (TPSA) is 101 Å². The Hall–Kier alpha value is -3.29. The molecule has 2 amide bonds. The number of nitrogens with one attached hydrogen (secondary N) is 3. The standard InChI is InChI=1S/C21H25N5O3/c1-28-18-6-3-13(9-19(18)29-2)7-8-22-21(27)25-15-4-5-16-14(10-15)11-23-20-17(16)12-24-26-20/h3,6,9,11-12,15H,4-5,7-8,10H2,1-2H3,(H2,22,25,27)(H,23,24,26). The number of fused-ring (bicyclic) bond motifs is 3. The summed E-state index contributed by atoms with van der Waals surface area (Å²) < 4.78 is 10.6. The van der Waals surface area contributed by atoms with E-state index in [0.717, 1.165) is 35.9 Å². The minimum atomic E-state index is -0.142. The lowest BCUT2D eigenvalue weighted by atomic mass is 9.88. The summed E-state index contributed by atoms with van der Waals surface area (Å²) in [6.07, 6.45) is 7.02. The third kappa shape index (κ3) is 4.11. The van der Waals surface area contributed by atoms with Gasteiger partial charge in [0.1, 0.15) is 0 Å². The Balaban J connectivity index is 1.28. The number of aromatic nitrogens is 3. The highest BCUT2D eigenvalue weighted by molar-refractivity contribution is 5.79. The van der Waals surface area contributed by atoms with Crippen molar-refractivity contribution in [1.29, 1.82) is 0 Å². The predicted octanol–water partition coefficient (Wildman–Crippen LogP) is 2.37. The Labute approximate surface area is 169 Å². The summed E-state index contributed by atoms with van der Waals surface area (Å²) in [5.74, 6) is 1.39. The van der Waals surface area contributed by atoms with Crippen LogP contribution in [0.4, 0.5) is 4.79 Å². The molecule has 0 saturated carbocycles. The maximum Gasteiger partial charge on any atom is 0.315 e. The zero-order valence-corrected chi connectivity index (χ0v) is 16.6. The van der Waals surface area contributed by atoms with Crippen LogP contribution < -0.4 is 20.1 Å². The van der Waals surface area contributed by atoms with Gasteiger partial charge in [-0.1, -0.05) is 6.07 Å². The van der Waals surface area contributed by atoms with Gasteiger partial charge in [0, 0.05) is 24.2 Å². The second-order valence-corrected chi connectivity index (χ2v) is 7.17. The molecule has 0 bridgehead atoms. The fourth-order valence-electron chi connectivity index (χ4n) is 3.87. The van der Waals surface area contributed by atoms with Gasteiger partial charge in [-0.15, -0.1) is 0 Å². The Bertz CT molecular complexity index is 1020. The SMILES string of the molecule is COc1ccc(CCNC(=O)NC2CCc3c(cnc4[nH]ncc34)C2)cc1OC. The number of urea groups is 1. The third-order valence-electron chi connectivity index (χ3n) is 5.37. The largest absolute Gasteiger partial charge is 0.493 e. The fourth-order valence-corrected chi connectivity index (χ4v) is 3.87. The van der Waals surface area contributed by atoms with Crippen molar-refractivity contribution in [3.8, 4) is 11.5 Å². The number of aryl methyl sites for hydroxylation is 1. The summed E-state index contributed by atoms with van der Waals surface area (Å²) in [7, 11) is 3.23. The maximum absolute atomic E-state index is 12.3. The van der Waals surface area contributed by atoms with Gasteiger partial charge in [-0.2, -0.15) is 5.10 Å². The number of rotatable bonds is 6. The lowest BCUT2D eigenvalue weighted by Gasteiger charge is -2.25. The number of pyridine rings is 1. The van der Waals surface area contributed by atoms with E-state index in [4.69, 9.17) is 9.47 Å². The summed E-state index contributed by atoms with van der Waals surface area (Å²) in [4.78, 5) is 16.7. The number of hydrogen-bond donors (Lipinski definition) is 3. The number of hydrogen-bond acceptors (Lipinski definition) is 5. The second kappa shape index (κ2) is 8.38. The molecule has 1 atom stereocenters. The van der Waals surface area contributed by atoms with Crippen LogP contribution in [0.3, 0.4) is 0 Å². The number of ether oxygens (including phenoxy) is 2. The van der Waals surface area contributed by atoms with Gasteiger partial charge >= 0.3 is 6.03 Å². The Morgan fingerprint density at radius 2 is 2.10 bits per heavy atom. The summed E-state index contributed by atoms with van der Waals surface area (Å²) >= 11 is 0. The molecule has 2 aromatic heterocycles. The Morgan fingerprint density at radius 1 is 1.24 bits per heavy atom. The van der Waals surface area contributed by atoms with Gasteiger partial charge in [0.25, 0.3) is 0 Å². The molecular formula is C21H25N5O3. The van der Waals surface area contributed by atoms with Gasteiger partial charge < -0.3 is 20.1 Å². The number of benzene rings is 1. The summed E-state index contributed by atoms with van der Waals surface area (Å²) in [5.41, 5.74) is 4.37. The molecule has 0 radical (unpaired) electrons. The number of nitrogens with zero attached hydrogens (tertiary/aromatic N) is 2. The normalized spacial score (nSPS) is 15.6. The van der Waals surface area contributed by atoms with Crippen LogP contribution in [0.2, 0.25) is 0 Å². The summed E-state index contributed by atoms with van der Waals surface area (Å²) in [5, 5.41) is 14.1. The van der Waals surface area contributed by atoms with E-state index >= 15 is 0 Å². The van der Waals surface area contributed by atoms with Crippen LogP contribution in [0.25, 0.3) is 11.0 Å². The number of H-pyrrole nitrogens is 1. The minimum Gasteiger partial charge on any atom is -0.493 e.